The Bertz CT molecular complexity index is 462. The van der Waals surface area contributed by atoms with E-state index in [9.17, 15) is 4.79 Å². The van der Waals surface area contributed by atoms with Gasteiger partial charge in [0, 0.05) is 43.6 Å². The molecule has 22 heavy (non-hydrogen) atoms. The highest BCUT2D eigenvalue weighted by Gasteiger charge is 2.14. The molecule has 122 valence electrons. The second-order valence-corrected chi connectivity index (χ2v) is 5.95. The summed E-state index contributed by atoms with van der Waals surface area (Å²) < 4.78 is 0. The quantitative estimate of drug-likeness (QED) is 0.879. The highest BCUT2D eigenvalue weighted by molar-refractivity contribution is 5.89. The van der Waals surface area contributed by atoms with Crippen LogP contribution < -0.4 is 15.5 Å². The molecule has 1 fully saturated rings. The molecule has 0 spiro atoms. The van der Waals surface area contributed by atoms with Crippen LogP contribution in [0.4, 0.5) is 16.2 Å². The number of likely N-dealkylation sites (N-methyl/N-ethyl adjacent to an activating group) is 1. The lowest BCUT2D eigenvalue weighted by atomic mass is 10.2. The van der Waals surface area contributed by atoms with E-state index in [1.807, 2.05) is 12.1 Å². The average Bonchev–Trinajstić information content (AvgIpc) is 2.54. The van der Waals surface area contributed by atoms with E-state index in [2.05, 4.69) is 53.5 Å². The van der Waals surface area contributed by atoms with E-state index in [1.165, 1.54) is 5.69 Å². The highest BCUT2D eigenvalue weighted by Crippen LogP contribution is 2.19. The van der Waals surface area contributed by atoms with Crippen molar-refractivity contribution >= 4 is 17.4 Å². The molecular formula is C17H28N4O. The number of piperazine rings is 1. The first-order valence-electron chi connectivity index (χ1n) is 8.23. The minimum Gasteiger partial charge on any atom is -0.369 e. The van der Waals surface area contributed by atoms with E-state index in [4.69, 9.17) is 0 Å². The molecule has 0 atom stereocenters. The molecule has 1 aliphatic rings. The number of hydrogen-bond donors (Lipinski definition) is 2. The second kappa shape index (κ2) is 8.03. The molecule has 2 amide bonds. The third-order valence-corrected chi connectivity index (χ3v) is 4.31. The predicted molar refractivity (Wildman–Crippen MR) is 92.7 cm³/mol. The van der Waals surface area contributed by atoms with E-state index in [0.29, 0.717) is 0 Å². The van der Waals surface area contributed by atoms with Crippen molar-refractivity contribution in [2.24, 2.45) is 0 Å². The van der Waals surface area contributed by atoms with Gasteiger partial charge in [0.15, 0.2) is 0 Å². The first-order valence-corrected chi connectivity index (χ1v) is 8.23. The molecule has 1 aromatic rings. The number of amides is 2. The number of anilines is 2. The van der Waals surface area contributed by atoms with E-state index in [-0.39, 0.29) is 12.1 Å². The summed E-state index contributed by atoms with van der Waals surface area (Å²) in [6.07, 6.45) is 1.90. The molecule has 1 aromatic carbocycles. The molecule has 0 unspecified atom stereocenters. The Kier molecular flexibility index (Phi) is 6.07. The fraction of sp³-hybridized carbons (Fsp3) is 0.588. The Hall–Kier alpha value is -1.75. The van der Waals surface area contributed by atoms with E-state index in [1.54, 1.807) is 0 Å². The standard InChI is InChI=1S/C17H28N4O/c1-4-14(5-2)18-17(22)19-15-6-8-16(9-7-15)21-12-10-20(3)11-13-21/h6-9,14H,4-5,10-13H2,1-3H3,(H2,18,19,22). The van der Waals surface area contributed by atoms with Crippen LogP contribution in [0, 0.1) is 0 Å². The van der Waals surface area contributed by atoms with E-state index >= 15 is 0 Å². The first kappa shape index (κ1) is 16.6. The molecule has 0 aliphatic carbocycles. The van der Waals surface area contributed by atoms with Gasteiger partial charge in [0.25, 0.3) is 0 Å². The average molecular weight is 304 g/mol. The Morgan fingerprint density at radius 3 is 2.23 bits per heavy atom. The smallest absolute Gasteiger partial charge is 0.319 e. The zero-order chi connectivity index (χ0) is 15.9. The summed E-state index contributed by atoms with van der Waals surface area (Å²) in [5, 5.41) is 5.88. The van der Waals surface area contributed by atoms with Gasteiger partial charge < -0.3 is 20.4 Å². The van der Waals surface area contributed by atoms with Crippen molar-refractivity contribution in [3.63, 3.8) is 0 Å². The molecule has 0 bridgehead atoms. The second-order valence-electron chi connectivity index (χ2n) is 5.95. The number of nitrogens with one attached hydrogen (secondary N) is 2. The first-order chi connectivity index (χ1) is 10.6. The lowest BCUT2D eigenvalue weighted by Gasteiger charge is -2.34. The lowest BCUT2D eigenvalue weighted by Crippen LogP contribution is -2.44. The van der Waals surface area contributed by atoms with Gasteiger partial charge in [-0.15, -0.1) is 0 Å². The predicted octanol–water partition coefficient (Wildman–Crippen LogP) is 2.75. The molecular weight excluding hydrogens is 276 g/mol. The summed E-state index contributed by atoms with van der Waals surface area (Å²) in [6, 6.07) is 8.22. The van der Waals surface area contributed by atoms with Gasteiger partial charge in [-0.2, -0.15) is 0 Å². The number of rotatable bonds is 5. The topological polar surface area (TPSA) is 47.6 Å². The third kappa shape index (κ3) is 4.63. The molecule has 0 radical (unpaired) electrons. The summed E-state index contributed by atoms with van der Waals surface area (Å²) in [7, 11) is 2.16. The fourth-order valence-corrected chi connectivity index (χ4v) is 2.67. The number of nitrogens with zero attached hydrogens (tertiary/aromatic N) is 2. The van der Waals surface area contributed by atoms with E-state index < -0.39 is 0 Å². The third-order valence-electron chi connectivity index (χ3n) is 4.31. The minimum absolute atomic E-state index is 0.124. The van der Waals surface area contributed by atoms with Gasteiger partial charge in [0.2, 0.25) is 0 Å². The summed E-state index contributed by atoms with van der Waals surface area (Å²) in [5.41, 5.74) is 2.06. The van der Waals surface area contributed by atoms with Gasteiger partial charge in [0.05, 0.1) is 0 Å². The Labute approximate surface area is 133 Å². The Morgan fingerprint density at radius 2 is 1.68 bits per heavy atom. The van der Waals surface area contributed by atoms with Gasteiger partial charge in [-0.1, -0.05) is 13.8 Å². The fourth-order valence-electron chi connectivity index (χ4n) is 2.67. The van der Waals surface area contributed by atoms with Crippen molar-refractivity contribution in [1.29, 1.82) is 0 Å². The maximum Gasteiger partial charge on any atom is 0.319 e. The monoisotopic (exact) mass is 304 g/mol. The van der Waals surface area contributed by atoms with Crippen molar-refractivity contribution in [1.82, 2.24) is 10.2 Å². The summed E-state index contributed by atoms with van der Waals surface area (Å²) in [4.78, 5) is 16.7. The molecule has 1 saturated heterocycles. The molecule has 0 saturated carbocycles. The number of urea groups is 1. The number of benzene rings is 1. The summed E-state index contributed by atoms with van der Waals surface area (Å²) in [5.74, 6) is 0. The van der Waals surface area contributed by atoms with Gasteiger partial charge in [0.1, 0.15) is 0 Å². The molecule has 2 rings (SSSR count). The zero-order valence-corrected chi connectivity index (χ0v) is 13.9. The van der Waals surface area contributed by atoms with Crippen LogP contribution in [0.15, 0.2) is 24.3 Å². The van der Waals surface area contributed by atoms with Crippen LogP contribution >= 0.6 is 0 Å². The van der Waals surface area contributed by atoms with Gasteiger partial charge in [-0.3, -0.25) is 0 Å². The zero-order valence-electron chi connectivity index (χ0n) is 13.9. The molecule has 2 N–H and O–H groups in total. The Balaban J connectivity index is 1.87. The van der Waals surface area contributed by atoms with Crippen LogP contribution in [-0.4, -0.2) is 50.2 Å². The van der Waals surface area contributed by atoms with Crippen LogP contribution in [0.2, 0.25) is 0 Å². The van der Waals surface area contributed by atoms with Crippen molar-refractivity contribution in [2.75, 3.05) is 43.4 Å². The van der Waals surface area contributed by atoms with Gasteiger partial charge >= 0.3 is 6.03 Å². The van der Waals surface area contributed by atoms with Crippen LogP contribution in [0.25, 0.3) is 0 Å². The maximum absolute atomic E-state index is 11.9. The van der Waals surface area contributed by atoms with Crippen molar-refractivity contribution < 1.29 is 4.79 Å². The maximum atomic E-state index is 11.9. The molecule has 0 aromatic heterocycles. The van der Waals surface area contributed by atoms with Gasteiger partial charge in [-0.05, 0) is 44.2 Å². The number of carbonyl (C=O) groups is 1. The number of hydrogen-bond acceptors (Lipinski definition) is 3. The van der Waals surface area contributed by atoms with Crippen LogP contribution in [0.3, 0.4) is 0 Å². The Morgan fingerprint density at radius 1 is 1.09 bits per heavy atom. The summed E-state index contributed by atoms with van der Waals surface area (Å²) in [6.45, 7) is 8.46. The van der Waals surface area contributed by atoms with Crippen molar-refractivity contribution in [2.45, 2.75) is 32.7 Å². The largest absolute Gasteiger partial charge is 0.369 e. The SMILES string of the molecule is CCC(CC)NC(=O)Nc1ccc(N2CCN(C)CC2)cc1. The minimum atomic E-state index is -0.124. The summed E-state index contributed by atoms with van der Waals surface area (Å²) >= 11 is 0. The highest BCUT2D eigenvalue weighted by atomic mass is 16.2. The van der Waals surface area contributed by atoms with Crippen LogP contribution in [0.1, 0.15) is 26.7 Å². The molecule has 1 aliphatic heterocycles. The lowest BCUT2D eigenvalue weighted by molar-refractivity contribution is 0.247. The number of carbonyl (C=O) groups excluding carboxylic acids is 1. The normalized spacial score (nSPS) is 15.9. The molecule has 1 heterocycles. The van der Waals surface area contributed by atoms with Crippen molar-refractivity contribution in [3.8, 4) is 0 Å². The molecule has 5 heteroatoms. The van der Waals surface area contributed by atoms with Crippen LogP contribution in [-0.2, 0) is 0 Å². The van der Waals surface area contributed by atoms with Crippen molar-refractivity contribution in [3.05, 3.63) is 24.3 Å². The van der Waals surface area contributed by atoms with Gasteiger partial charge in [-0.25, -0.2) is 4.79 Å². The van der Waals surface area contributed by atoms with E-state index in [0.717, 1.165) is 44.7 Å². The van der Waals surface area contributed by atoms with Crippen LogP contribution in [0.5, 0.6) is 0 Å². The molecule has 5 nitrogen and oxygen atoms in total.